The van der Waals surface area contributed by atoms with Crippen LogP contribution in [0, 0.1) is 13.8 Å². The summed E-state index contributed by atoms with van der Waals surface area (Å²) in [6.07, 6.45) is 0.726. The topological polar surface area (TPSA) is 95.8 Å². The molecule has 1 N–H and O–H groups in total. The molecule has 0 unspecified atom stereocenters. The molecule has 0 saturated carbocycles. The minimum absolute atomic E-state index is 0.0456. The van der Waals surface area contributed by atoms with Crippen LogP contribution in [0.1, 0.15) is 30.4 Å². The van der Waals surface area contributed by atoms with Gasteiger partial charge in [-0.2, -0.15) is 4.72 Å². The maximum Gasteiger partial charge on any atom is 0.246 e. The van der Waals surface area contributed by atoms with E-state index >= 15 is 0 Å². The molecule has 0 aliphatic rings. The molecule has 0 spiro atoms. The molecule has 0 aliphatic heterocycles. The molecule has 1 heterocycles. The van der Waals surface area contributed by atoms with Crippen LogP contribution in [0.25, 0.3) is 0 Å². The second-order valence-electron chi connectivity index (χ2n) is 7.66. The summed E-state index contributed by atoms with van der Waals surface area (Å²) in [4.78, 5) is 16.8. The fourth-order valence-corrected chi connectivity index (χ4v) is 5.02. The number of hydrogen-bond acceptors (Lipinski definition) is 6. The van der Waals surface area contributed by atoms with E-state index in [0.29, 0.717) is 16.6 Å². The number of halogens is 2. The Balaban J connectivity index is 2.20. The van der Waals surface area contributed by atoms with Crippen LogP contribution in [0.5, 0.6) is 0 Å². The van der Waals surface area contributed by atoms with E-state index in [1.54, 1.807) is 23.1 Å². The summed E-state index contributed by atoms with van der Waals surface area (Å²) in [6.45, 7) is 6.08. The molecule has 31 heavy (non-hydrogen) atoms. The number of nitrogens with one attached hydrogen (secondary N) is 1. The van der Waals surface area contributed by atoms with Gasteiger partial charge < -0.3 is 14.3 Å². The highest BCUT2D eigenvalue weighted by molar-refractivity contribution is 7.89. The summed E-state index contributed by atoms with van der Waals surface area (Å²) in [6, 6.07) is 4.18. The summed E-state index contributed by atoms with van der Waals surface area (Å²) in [5, 5.41) is 4.50. The van der Waals surface area contributed by atoms with Crippen molar-refractivity contribution in [3.63, 3.8) is 0 Å². The van der Waals surface area contributed by atoms with Gasteiger partial charge in [-0.1, -0.05) is 34.4 Å². The lowest BCUT2D eigenvalue weighted by Gasteiger charge is -2.27. The fraction of sp³-hybridized carbons (Fsp3) is 0.500. The predicted molar refractivity (Wildman–Crippen MR) is 121 cm³/mol. The number of hydrogen-bond donors (Lipinski definition) is 1. The van der Waals surface area contributed by atoms with Crippen molar-refractivity contribution >= 4 is 39.1 Å². The van der Waals surface area contributed by atoms with Gasteiger partial charge in [0.25, 0.3) is 0 Å². The smallest absolute Gasteiger partial charge is 0.246 e. The average Bonchev–Trinajstić information content (AvgIpc) is 3.01. The van der Waals surface area contributed by atoms with Crippen LogP contribution in [0.4, 0.5) is 0 Å². The number of carbonyl (C=O) groups excluding carboxylic acids is 1. The van der Waals surface area contributed by atoms with Crippen molar-refractivity contribution < 1.29 is 17.7 Å². The molecule has 0 fully saturated rings. The molecule has 8 nitrogen and oxygen atoms in total. The van der Waals surface area contributed by atoms with Gasteiger partial charge in [-0.05, 0) is 65.5 Å². The molecular formula is C20H28Cl2N4O4S. The van der Waals surface area contributed by atoms with E-state index < -0.39 is 16.1 Å². The number of carbonyl (C=O) groups is 1. The molecule has 1 amide bonds. The Bertz CT molecular complexity index is 1000. The summed E-state index contributed by atoms with van der Waals surface area (Å²) in [5.41, 5.74) is 1.04. The van der Waals surface area contributed by atoms with Crippen molar-refractivity contribution in [2.24, 2.45) is 0 Å². The van der Waals surface area contributed by atoms with Crippen LogP contribution in [-0.4, -0.2) is 62.5 Å². The highest BCUT2D eigenvalue weighted by Gasteiger charge is 2.30. The number of amides is 1. The highest BCUT2D eigenvalue weighted by atomic mass is 35.5. The first-order valence-corrected chi connectivity index (χ1v) is 12.0. The largest absolute Gasteiger partial charge is 0.360 e. The maximum atomic E-state index is 13.2. The SMILES string of the molecule is Cc1noc(C)c1S(=O)(=O)N[C@@H](C)C(=O)N(CCCN(C)C)Cc1ccc(Cl)c(Cl)c1. The minimum Gasteiger partial charge on any atom is -0.360 e. The molecule has 2 rings (SSSR count). The quantitative estimate of drug-likeness (QED) is 0.548. The third-order valence-electron chi connectivity index (χ3n) is 4.64. The number of aryl methyl sites for hydroxylation is 2. The van der Waals surface area contributed by atoms with Crippen LogP contribution < -0.4 is 4.72 Å². The molecule has 2 aromatic rings. The van der Waals surface area contributed by atoms with E-state index in [9.17, 15) is 13.2 Å². The number of rotatable bonds is 10. The van der Waals surface area contributed by atoms with E-state index in [0.717, 1.165) is 18.5 Å². The Hall–Kier alpha value is -1.65. The Labute approximate surface area is 193 Å². The third kappa shape index (κ3) is 6.92. The van der Waals surface area contributed by atoms with Gasteiger partial charge >= 0.3 is 0 Å². The van der Waals surface area contributed by atoms with Crippen molar-refractivity contribution in [2.75, 3.05) is 27.2 Å². The molecule has 0 bridgehead atoms. The zero-order valence-electron chi connectivity index (χ0n) is 18.3. The van der Waals surface area contributed by atoms with Crippen LogP contribution in [0.3, 0.4) is 0 Å². The monoisotopic (exact) mass is 490 g/mol. The van der Waals surface area contributed by atoms with Crippen molar-refractivity contribution in [3.8, 4) is 0 Å². The van der Waals surface area contributed by atoms with Gasteiger partial charge in [0.1, 0.15) is 10.6 Å². The molecule has 11 heteroatoms. The van der Waals surface area contributed by atoms with E-state index in [2.05, 4.69) is 9.88 Å². The Morgan fingerprint density at radius 1 is 1.19 bits per heavy atom. The van der Waals surface area contributed by atoms with Gasteiger partial charge in [-0.25, -0.2) is 8.42 Å². The predicted octanol–water partition coefficient (Wildman–Crippen LogP) is 3.25. The molecule has 0 aliphatic carbocycles. The lowest BCUT2D eigenvalue weighted by Crippen LogP contribution is -2.47. The first-order chi connectivity index (χ1) is 14.4. The lowest BCUT2D eigenvalue weighted by atomic mass is 10.2. The Morgan fingerprint density at radius 3 is 2.42 bits per heavy atom. The van der Waals surface area contributed by atoms with Gasteiger partial charge in [0.05, 0.1) is 16.1 Å². The minimum atomic E-state index is -3.98. The summed E-state index contributed by atoms with van der Waals surface area (Å²) >= 11 is 12.1. The third-order valence-corrected chi connectivity index (χ3v) is 7.16. The fourth-order valence-electron chi connectivity index (χ4n) is 3.18. The van der Waals surface area contributed by atoms with E-state index in [1.807, 2.05) is 19.0 Å². The molecule has 172 valence electrons. The second-order valence-corrected chi connectivity index (χ2v) is 10.1. The van der Waals surface area contributed by atoms with Crippen molar-refractivity contribution in [1.29, 1.82) is 0 Å². The molecule has 1 atom stereocenters. The molecule has 0 radical (unpaired) electrons. The highest BCUT2D eigenvalue weighted by Crippen LogP contribution is 2.24. The van der Waals surface area contributed by atoms with Gasteiger partial charge in [-0.3, -0.25) is 4.79 Å². The maximum absolute atomic E-state index is 13.2. The van der Waals surface area contributed by atoms with Crippen LogP contribution in [0.15, 0.2) is 27.6 Å². The van der Waals surface area contributed by atoms with Crippen LogP contribution in [0.2, 0.25) is 10.0 Å². The Kier molecular flexibility index (Phi) is 8.91. The standard InChI is InChI=1S/C20H28Cl2N4O4S/c1-13-19(15(3)30-23-13)31(28,29)24-14(2)20(27)26(10-6-9-25(4)5)12-16-7-8-17(21)18(22)11-16/h7-8,11,14,24H,6,9-10,12H2,1-5H3/t14-/m0/s1. The summed E-state index contributed by atoms with van der Waals surface area (Å²) < 4.78 is 33.0. The average molecular weight is 491 g/mol. The van der Waals surface area contributed by atoms with Crippen molar-refractivity contribution in [3.05, 3.63) is 45.3 Å². The molecule has 1 aromatic heterocycles. The zero-order chi connectivity index (χ0) is 23.3. The number of nitrogens with zero attached hydrogens (tertiary/aromatic N) is 3. The number of sulfonamides is 1. The number of aromatic nitrogens is 1. The number of benzene rings is 1. The van der Waals surface area contributed by atoms with E-state index in [4.69, 9.17) is 27.7 Å². The zero-order valence-corrected chi connectivity index (χ0v) is 20.6. The van der Waals surface area contributed by atoms with Crippen LogP contribution >= 0.6 is 23.2 Å². The summed E-state index contributed by atoms with van der Waals surface area (Å²) in [5.74, 6) is -0.177. The normalized spacial score (nSPS) is 12.9. The van der Waals surface area contributed by atoms with E-state index in [1.165, 1.54) is 20.8 Å². The Morgan fingerprint density at radius 2 is 1.87 bits per heavy atom. The molecular weight excluding hydrogens is 463 g/mol. The van der Waals surface area contributed by atoms with E-state index in [-0.39, 0.29) is 28.8 Å². The van der Waals surface area contributed by atoms with Gasteiger partial charge in [0, 0.05) is 13.1 Å². The van der Waals surface area contributed by atoms with Crippen molar-refractivity contribution in [2.45, 2.75) is 44.7 Å². The summed E-state index contributed by atoms with van der Waals surface area (Å²) in [7, 11) is -0.0759. The molecule has 1 aromatic carbocycles. The molecule has 0 saturated heterocycles. The van der Waals surface area contributed by atoms with Gasteiger partial charge in [-0.15, -0.1) is 0 Å². The first-order valence-electron chi connectivity index (χ1n) is 9.75. The van der Waals surface area contributed by atoms with Crippen LogP contribution in [-0.2, 0) is 21.4 Å². The van der Waals surface area contributed by atoms with Gasteiger partial charge in [0.15, 0.2) is 5.76 Å². The van der Waals surface area contributed by atoms with Crippen molar-refractivity contribution in [1.82, 2.24) is 19.7 Å². The van der Waals surface area contributed by atoms with Gasteiger partial charge in [0.2, 0.25) is 15.9 Å². The first kappa shape index (κ1) is 25.6. The lowest BCUT2D eigenvalue weighted by molar-refractivity contribution is -0.133. The second kappa shape index (κ2) is 10.8.